The van der Waals surface area contributed by atoms with Crippen LogP contribution in [-0.2, 0) is 9.53 Å². The van der Waals surface area contributed by atoms with Gasteiger partial charge in [0.05, 0.1) is 12.7 Å². The van der Waals surface area contributed by atoms with E-state index in [2.05, 4.69) is 4.74 Å². The Morgan fingerprint density at radius 3 is 2.27 bits per heavy atom. The van der Waals surface area contributed by atoms with Gasteiger partial charge in [-0.15, -0.1) is 0 Å². The van der Waals surface area contributed by atoms with Crippen LogP contribution >= 0.6 is 0 Å². The summed E-state index contributed by atoms with van der Waals surface area (Å²) in [6.07, 6.45) is -1.35. The van der Waals surface area contributed by atoms with Gasteiger partial charge >= 0.3 is 5.97 Å². The molecule has 0 spiro atoms. The zero-order valence-corrected chi connectivity index (χ0v) is 8.14. The van der Waals surface area contributed by atoms with Gasteiger partial charge in [-0.25, -0.2) is 4.79 Å². The summed E-state index contributed by atoms with van der Waals surface area (Å²) in [5.41, 5.74) is 5.60. The van der Waals surface area contributed by atoms with Crippen molar-refractivity contribution in [1.82, 2.24) is 0 Å². The van der Waals surface area contributed by atoms with Crippen LogP contribution in [0.1, 0.15) is 22.0 Å². The van der Waals surface area contributed by atoms with E-state index in [9.17, 15) is 14.7 Å². The Kier molecular flexibility index (Phi) is 3.41. The smallest absolute Gasteiger partial charge is 0.337 e. The second-order valence-electron chi connectivity index (χ2n) is 2.92. The van der Waals surface area contributed by atoms with Gasteiger partial charge < -0.3 is 15.6 Å². The Balaban J connectivity index is 2.90. The molecule has 0 fully saturated rings. The number of hydrogen-bond acceptors (Lipinski definition) is 4. The Bertz CT molecular complexity index is 372. The SMILES string of the molecule is COC(=O)c1ccc([C@@H](O)C(N)=O)cc1. The fourth-order valence-electron chi connectivity index (χ4n) is 1.08. The van der Waals surface area contributed by atoms with Crippen LogP contribution in [0, 0.1) is 0 Å². The van der Waals surface area contributed by atoms with Crippen molar-refractivity contribution < 1.29 is 19.4 Å². The molecule has 1 aromatic carbocycles. The third kappa shape index (κ3) is 2.54. The maximum Gasteiger partial charge on any atom is 0.337 e. The minimum absolute atomic E-state index is 0.343. The van der Waals surface area contributed by atoms with Gasteiger partial charge in [0, 0.05) is 0 Å². The van der Waals surface area contributed by atoms with Crippen LogP contribution in [0.2, 0.25) is 0 Å². The topological polar surface area (TPSA) is 89.6 Å². The number of hydrogen-bond donors (Lipinski definition) is 2. The number of ether oxygens (including phenoxy) is 1. The molecule has 0 bridgehead atoms. The van der Waals surface area contributed by atoms with Crippen molar-refractivity contribution in [3.8, 4) is 0 Å². The second kappa shape index (κ2) is 4.56. The number of primary amides is 1. The van der Waals surface area contributed by atoms with Crippen LogP contribution in [-0.4, -0.2) is 24.1 Å². The number of carbonyl (C=O) groups is 2. The molecule has 5 heteroatoms. The summed E-state index contributed by atoms with van der Waals surface area (Å²) < 4.78 is 4.49. The van der Waals surface area contributed by atoms with Crippen molar-refractivity contribution in [2.45, 2.75) is 6.10 Å². The summed E-state index contributed by atoms with van der Waals surface area (Å²) in [4.78, 5) is 21.7. The van der Waals surface area contributed by atoms with Crippen LogP contribution < -0.4 is 5.73 Å². The van der Waals surface area contributed by atoms with E-state index in [1.165, 1.54) is 31.4 Å². The van der Waals surface area contributed by atoms with Crippen LogP contribution in [0.25, 0.3) is 0 Å². The lowest BCUT2D eigenvalue weighted by atomic mass is 10.1. The molecule has 3 N–H and O–H groups in total. The minimum atomic E-state index is -1.35. The lowest BCUT2D eigenvalue weighted by molar-refractivity contribution is -0.126. The number of aliphatic hydroxyl groups is 1. The molecule has 1 aromatic rings. The average molecular weight is 209 g/mol. The van der Waals surface area contributed by atoms with E-state index in [1.807, 2.05) is 0 Å². The molecule has 0 saturated heterocycles. The lowest BCUT2D eigenvalue weighted by Crippen LogP contribution is -2.20. The number of amides is 1. The molecule has 0 unspecified atom stereocenters. The van der Waals surface area contributed by atoms with Crippen molar-refractivity contribution >= 4 is 11.9 Å². The first-order valence-electron chi connectivity index (χ1n) is 4.22. The second-order valence-corrected chi connectivity index (χ2v) is 2.92. The van der Waals surface area contributed by atoms with Crippen LogP contribution in [0.15, 0.2) is 24.3 Å². The van der Waals surface area contributed by atoms with Gasteiger partial charge in [-0.05, 0) is 17.7 Å². The molecule has 0 aromatic heterocycles. The van der Waals surface area contributed by atoms with Crippen LogP contribution in [0.5, 0.6) is 0 Å². The van der Waals surface area contributed by atoms with Crippen molar-refractivity contribution in [3.63, 3.8) is 0 Å². The summed E-state index contributed by atoms with van der Waals surface area (Å²) in [7, 11) is 1.27. The minimum Gasteiger partial charge on any atom is -0.465 e. The monoisotopic (exact) mass is 209 g/mol. The van der Waals surface area contributed by atoms with E-state index in [0.29, 0.717) is 11.1 Å². The highest BCUT2D eigenvalue weighted by Crippen LogP contribution is 2.13. The van der Waals surface area contributed by atoms with Gasteiger partial charge in [0.25, 0.3) is 5.91 Å². The molecule has 1 atom stereocenters. The molecule has 0 saturated carbocycles. The molecule has 15 heavy (non-hydrogen) atoms. The van der Waals surface area contributed by atoms with Crippen LogP contribution in [0.3, 0.4) is 0 Å². The molecule has 0 aliphatic heterocycles. The summed E-state index contributed by atoms with van der Waals surface area (Å²) >= 11 is 0. The zero-order valence-electron chi connectivity index (χ0n) is 8.14. The van der Waals surface area contributed by atoms with E-state index in [1.54, 1.807) is 0 Å². The van der Waals surface area contributed by atoms with Crippen molar-refractivity contribution in [2.75, 3.05) is 7.11 Å². The van der Waals surface area contributed by atoms with Gasteiger partial charge in [0.1, 0.15) is 0 Å². The van der Waals surface area contributed by atoms with Crippen LogP contribution in [0.4, 0.5) is 0 Å². The standard InChI is InChI=1S/C10H11NO4/c1-15-10(14)7-4-2-6(3-5-7)8(12)9(11)13/h2-5,8,12H,1H3,(H2,11,13)/t8-/m1/s1. The number of methoxy groups -OCH3 is 1. The van der Waals surface area contributed by atoms with Gasteiger partial charge in [-0.1, -0.05) is 12.1 Å². The molecular weight excluding hydrogens is 198 g/mol. The molecule has 0 heterocycles. The first-order valence-corrected chi connectivity index (χ1v) is 4.22. The largest absolute Gasteiger partial charge is 0.465 e. The highest BCUT2D eigenvalue weighted by atomic mass is 16.5. The Labute approximate surface area is 86.5 Å². The Morgan fingerprint density at radius 2 is 1.87 bits per heavy atom. The third-order valence-electron chi connectivity index (χ3n) is 1.92. The van der Waals surface area contributed by atoms with Crippen molar-refractivity contribution in [1.29, 1.82) is 0 Å². The number of aliphatic hydroxyl groups excluding tert-OH is 1. The molecule has 5 nitrogen and oxygen atoms in total. The quantitative estimate of drug-likeness (QED) is 0.685. The highest BCUT2D eigenvalue weighted by Gasteiger charge is 2.14. The lowest BCUT2D eigenvalue weighted by Gasteiger charge is -2.06. The summed E-state index contributed by atoms with van der Waals surface area (Å²) in [6.45, 7) is 0. The number of carbonyl (C=O) groups excluding carboxylic acids is 2. The average Bonchev–Trinajstić information content (AvgIpc) is 2.27. The number of esters is 1. The van der Waals surface area contributed by atoms with Gasteiger partial charge in [0.15, 0.2) is 6.10 Å². The summed E-state index contributed by atoms with van der Waals surface area (Å²) in [5, 5.41) is 9.29. The number of rotatable bonds is 3. The molecule has 0 aliphatic carbocycles. The maximum atomic E-state index is 11.1. The molecular formula is C10H11NO4. The highest BCUT2D eigenvalue weighted by molar-refractivity contribution is 5.89. The molecule has 80 valence electrons. The van der Waals surface area contributed by atoms with E-state index in [4.69, 9.17) is 5.73 Å². The van der Waals surface area contributed by atoms with Gasteiger partial charge in [-0.3, -0.25) is 4.79 Å². The van der Waals surface area contributed by atoms with E-state index in [0.717, 1.165) is 0 Å². The molecule has 1 rings (SSSR count). The first kappa shape index (κ1) is 11.2. The number of benzene rings is 1. The van der Waals surface area contributed by atoms with Gasteiger partial charge in [0.2, 0.25) is 0 Å². The van der Waals surface area contributed by atoms with E-state index < -0.39 is 18.0 Å². The number of nitrogens with two attached hydrogens (primary N) is 1. The summed E-state index contributed by atoms with van der Waals surface area (Å²) in [6, 6.07) is 5.80. The Morgan fingerprint density at radius 1 is 1.33 bits per heavy atom. The predicted molar refractivity (Wildman–Crippen MR) is 51.9 cm³/mol. The third-order valence-corrected chi connectivity index (χ3v) is 1.92. The molecule has 0 radical (unpaired) electrons. The van der Waals surface area contributed by atoms with E-state index in [-0.39, 0.29) is 0 Å². The Hall–Kier alpha value is -1.88. The van der Waals surface area contributed by atoms with Gasteiger partial charge in [-0.2, -0.15) is 0 Å². The van der Waals surface area contributed by atoms with E-state index >= 15 is 0 Å². The predicted octanol–water partition coefficient (Wildman–Crippen LogP) is -0.00810. The fourth-order valence-corrected chi connectivity index (χ4v) is 1.08. The molecule has 1 amide bonds. The normalized spacial score (nSPS) is 11.9. The zero-order chi connectivity index (χ0) is 11.4. The maximum absolute atomic E-state index is 11.1. The van der Waals surface area contributed by atoms with Crippen molar-refractivity contribution in [2.24, 2.45) is 5.73 Å². The molecule has 0 aliphatic rings. The first-order chi connectivity index (χ1) is 7.06. The fraction of sp³-hybridized carbons (Fsp3) is 0.200. The van der Waals surface area contributed by atoms with Crippen molar-refractivity contribution in [3.05, 3.63) is 35.4 Å². The summed E-state index contributed by atoms with van der Waals surface area (Å²) in [5.74, 6) is -1.31.